The first-order chi connectivity index (χ1) is 3.31. The van der Waals surface area contributed by atoms with Gasteiger partial charge in [0.25, 0.3) is 0 Å². The first-order valence-corrected chi connectivity index (χ1v) is 4.03. The van der Waals surface area contributed by atoms with E-state index in [2.05, 4.69) is 0 Å². The molecule has 0 amide bonds. The van der Waals surface area contributed by atoms with Gasteiger partial charge < -0.3 is 4.18 Å². The molecule has 3 heteroatoms. The van der Waals surface area contributed by atoms with Gasteiger partial charge in [0, 0.05) is 9.74 Å². The van der Waals surface area contributed by atoms with E-state index in [1.807, 2.05) is 18.4 Å². The van der Waals surface area contributed by atoms with Gasteiger partial charge in [-0.25, -0.2) is 0 Å². The summed E-state index contributed by atoms with van der Waals surface area (Å²) in [7, 11) is 1.23. The third-order valence-electron chi connectivity index (χ3n) is 0.411. The Morgan fingerprint density at radius 2 is 2.29 bits per heavy atom. The summed E-state index contributed by atoms with van der Waals surface area (Å²) in [6.07, 6.45) is 1.89. The summed E-state index contributed by atoms with van der Waals surface area (Å²) in [6, 6.07) is 0. The minimum absolute atomic E-state index is 0.374. The van der Waals surface area contributed by atoms with E-state index in [0.29, 0.717) is 0 Å². The van der Waals surface area contributed by atoms with Gasteiger partial charge in [-0.3, -0.25) is 0 Å². The van der Waals surface area contributed by atoms with Crippen molar-refractivity contribution < 1.29 is 4.18 Å². The minimum Gasteiger partial charge on any atom is -0.312 e. The lowest BCUT2D eigenvalue weighted by Gasteiger charge is -1.87. The van der Waals surface area contributed by atoms with Crippen LogP contribution in [0.4, 0.5) is 0 Å². The van der Waals surface area contributed by atoms with E-state index >= 15 is 0 Å². The second kappa shape index (κ2) is 4.43. The van der Waals surface area contributed by atoms with Gasteiger partial charge in [0.2, 0.25) is 0 Å². The van der Waals surface area contributed by atoms with Crippen molar-refractivity contribution in [3.8, 4) is 0 Å². The molecule has 0 N–H and O–H groups in total. The predicted octanol–water partition coefficient (Wildman–Crippen LogP) is 1.16. The zero-order chi connectivity index (χ0) is 5.70. The van der Waals surface area contributed by atoms with Crippen molar-refractivity contribution in [2.24, 2.45) is 0 Å². The molecule has 0 saturated carbocycles. The fraction of sp³-hybridized carbons (Fsp3) is 0.500. The Balaban J connectivity index is 3.37. The van der Waals surface area contributed by atoms with Gasteiger partial charge >= 0.3 is 0 Å². The summed E-state index contributed by atoms with van der Waals surface area (Å²) in [4.78, 5) is 0. The summed E-state index contributed by atoms with van der Waals surface area (Å²) in [5.74, 6) is 0. The molecule has 0 aromatic rings. The summed E-state index contributed by atoms with van der Waals surface area (Å²) >= 11 is 4.76. The molecule has 0 aromatic carbocycles. The monoisotopic (exact) mass is 136 g/mol. The molecule has 0 aliphatic rings. The van der Waals surface area contributed by atoms with Gasteiger partial charge in [0.15, 0.2) is 0 Å². The highest BCUT2D eigenvalue weighted by Crippen LogP contribution is 1.82. The smallest absolute Gasteiger partial charge is 0.0510 e. The summed E-state index contributed by atoms with van der Waals surface area (Å²) in [5, 5.41) is 1.84. The molecule has 0 rings (SSSR count). The zero-order valence-corrected chi connectivity index (χ0v) is 6.01. The van der Waals surface area contributed by atoms with Gasteiger partial charge in [-0.15, -0.1) is 0 Å². The van der Waals surface area contributed by atoms with Crippen LogP contribution in [0.15, 0.2) is 11.5 Å². The number of allylic oxidation sites excluding steroid dienone is 1. The maximum absolute atomic E-state index is 4.76. The Morgan fingerprint density at radius 1 is 1.71 bits per heavy atom. The van der Waals surface area contributed by atoms with E-state index in [-0.39, 0.29) is 9.74 Å². The first kappa shape index (κ1) is 7.27. The molecule has 1 unspecified atom stereocenters. The van der Waals surface area contributed by atoms with Gasteiger partial charge in [-0.1, -0.05) is 6.08 Å². The molecule has 0 aliphatic carbocycles. The third-order valence-corrected chi connectivity index (χ3v) is 1.98. The quantitative estimate of drug-likeness (QED) is 0.563. The fourth-order valence-corrected chi connectivity index (χ4v) is 0.833. The summed E-state index contributed by atoms with van der Waals surface area (Å²) < 4.78 is 4.75. The molecule has 1 atom stereocenters. The molecule has 0 aromatic heterocycles. The Morgan fingerprint density at radius 3 is 2.43 bits per heavy atom. The van der Waals surface area contributed by atoms with Crippen LogP contribution < -0.4 is 0 Å². The van der Waals surface area contributed by atoms with Crippen LogP contribution in [0.2, 0.25) is 0 Å². The van der Waals surface area contributed by atoms with Gasteiger partial charge in [-0.05, 0) is 23.5 Å². The van der Waals surface area contributed by atoms with Gasteiger partial charge in [0.1, 0.15) is 0 Å². The molecule has 0 spiro atoms. The van der Waals surface area contributed by atoms with Crippen LogP contribution in [0, 0.1) is 0 Å². The standard InChI is InChI=1S/C4H8OS2/c1-3-4-7(6)5-2/h3-4H,1-2H3/b4-3+. The Kier molecular flexibility index (Phi) is 4.60. The molecular formula is C4H8OS2. The van der Waals surface area contributed by atoms with Gasteiger partial charge in [-0.2, -0.15) is 0 Å². The van der Waals surface area contributed by atoms with Crippen molar-refractivity contribution in [1.29, 1.82) is 0 Å². The molecule has 0 radical (unpaired) electrons. The fourth-order valence-electron chi connectivity index (χ4n) is 0.167. The zero-order valence-electron chi connectivity index (χ0n) is 4.38. The average Bonchev–Trinajstić information content (AvgIpc) is 1.68. The minimum atomic E-state index is -0.374. The van der Waals surface area contributed by atoms with E-state index in [9.17, 15) is 0 Å². The lowest BCUT2D eigenvalue weighted by Crippen LogP contribution is -1.80. The van der Waals surface area contributed by atoms with Crippen molar-refractivity contribution in [2.45, 2.75) is 6.92 Å². The van der Waals surface area contributed by atoms with Crippen LogP contribution in [0.5, 0.6) is 0 Å². The van der Waals surface area contributed by atoms with Crippen LogP contribution in [-0.2, 0) is 25.1 Å². The van der Waals surface area contributed by atoms with E-state index in [0.717, 1.165) is 0 Å². The van der Waals surface area contributed by atoms with Gasteiger partial charge in [0.05, 0.1) is 7.11 Å². The Bertz CT molecular complexity index is 87.7. The van der Waals surface area contributed by atoms with E-state index in [4.69, 9.17) is 15.4 Å². The van der Waals surface area contributed by atoms with Crippen molar-refractivity contribution in [1.82, 2.24) is 0 Å². The molecule has 0 bridgehead atoms. The molecule has 0 aliphatic heterocycles. The molecule has 0 heterocycles. The molecule has 42 valence electrons. The second-order valence-corrected chi connectivity index (χ2v) is 3.01. The topological polar surface area (TPSA) is 9.23 Å². The third kappa shape index (κ3) is 4.12. The van der Waals surface area contributed by atoms with E-state index in [1.54, 1.807) is 7.11 Å². The SMILES string of the molecule is C/C=C/S(=S)OC. The molecule has 0 fully saturated rings. The lowest BCUT2D eigenvalue weighted by molar-refractivity contribution is 0.489. The van der Waals surface area contributed by atoms with Crippen LogP contribution in [0.3, 0.4) is 0 Å². The molecule has 0 saturated heterocycles. The predicted molar refractivity (Wildman–Crippen MR) is 36.6 cm³/mol. The van der Waals surface area contributed by atoms with Crippen LogP contribution >= 0.6 is 0 Å². The number of rotatable bonds is 2. The van der Waals surface area contributed by atoms with E-state index in [1.165, 1.54) is 0 Å². The van der Waals surface area contributed by atoms with E-state index < -0.39 is 0 Å². The normalized spacial score (nSPS) is 15.1. The highest BCUT2D eigenvalue weighted by molar-refractivity contribution is 8.27. The maximum Gasteiger partial charge on any atom is 0.0510 e. The average molecular weight is 136 g/mol. The van der Waals surface area contributed by atoms with Crippen LogP contribution in [-0.4, -0.2) is 7.11 Å². The van der Waals surface area contributed by atoms with Crippen molar-refractivity contribution >= 4 is 20.9 Å². The van der Waals surface area contributed by atoms with Crippen molar-refractivity contribution in [3.05, 3.63) is 11.5 Å². The van der Waals surface area contributed by atoms with Crippen LogP contribution in [0.1, 0.15) is 6.92 Å². The summed E-state index contributed by atoms with van der Waals surface area (Å²) in [6.45, 7) is 1.92. The number of hydrogen-bond acceptors (Lipinski definition) is 2. The maximum atomic E-state index is 4.76. The van der Waals surface area contributed by atoms with Crippen molar-refractivity contribution in [2.75, 3.05) is 7.11 Å². The Labute approximate surface area is 51.2 Å². The highest BCUT2D eigenvalue weighted by atomic mass is 32.8. The van der Waals surface area contributed by atoms with Crippen LogP contribution in [0.25, 0.3) is 0 Å². The van der Waals surface area contributed by atoms with Crippen molar-refractivity contribution in [3.63, 3.8) is 0 Å². The molecule has 7 heavy (non-hydrogen) atoms. The second-order valence-electron chi connectivity index (χ2n) is 0.897. The number of hydrogen-bond donors (Lipinski definition) is 0. The molecule has 1 nitrogen and oxygen atoms in total. The summed E-state index contributed by atoms with van der Waals surface area (Å²) in [5.41, 5.74) is 0. The Hall–Kier alpha value is 0.270. The largest absolute Gasteiger partial charge is 0.312 e. The molecular weight excluding hydrogens is 128 g/mol. The first-order valence-electron chi connectivity index (χ1n) is 1.89. The lowest BCUT2D eigenvalue weighted by atomic mass is 10.8. The highest BCUT2D eigenvalue weighted by Gasteiger charge is 1.74.